The molecular weight excluding hydrogens is 412 g/mol. The van der Waals surface area contributed by atoms with Crippen LogP contribution in [0.5, 0.6) is 0 Å². The summed E-state index contributed by atoms with van der Waals surface area (Å²) in [5.74, 6) is -0.762. The predicted molar refractivity (Wildman–Crippen MR) is 120 cm³/mol. The molecule has 2 rings (SSSR count). The maximum atomic E-state index is 12.3. The Morgan fingerprint density at radius 2 is 1.16 bits per heavy atom. The summed E-state index contributed by atoms with van der Waals surface area (Å²) in [5, 5.41) is 28.7. The smallest absolute Gasteiger partial charge is 0.193 e. The first-order valence-electron chi connectivity index (χ1n) is 10.5. The number of ether oxygens (including phenoxy) is 2. The van der Waals surface area contributed by atoms with Gasteiger partial charge in [0.05, 0.1) is 26.4 Å². The molecule has 0 aromatic heterocycles. The van der Waals surface area contributed by atoms with E-state index >= 15 is 0 Å². The second kappa shape index (κ2) is 10.9. The van der Waals surface area contributed by atoms with E-state index in [1.54, 1.807) is 48.5 Å². The highest BCUT2D eigenvalue weighted by Gasteiger charge is 2.27. The van der Waals surface area contributed by atoms with E-state index in [0.717, 1.165) is 11.1 Å². The number of hydrogen-bond donors (Lipinski definition) is 3. The van der Waals surface area contributed by atoms with E-state index in [0.29, 0.717) is 17.7 Å². The van der Waals surface area contributed by atoms with Crippen molar-refractivity contribution in [1.82, 2.24) is 0 Å². The number of aliphatic hydroxyl groups excluding tert-OH is 1. The Kier molecular flexibility index (Phi) is 8.83. The lowest BCUT2D eigenvalue weighted by molar-refractivity contribution is 0.0104. The monoisotopic (exact) mass is 444 g/mol. The average Bonchev–Trinajstić information content (AvgIpc) is 2.74. The van der Waals surface area contributed by atoms with E-state index in [9.17, 15) is 19.8 Å². The molecule has 174 valence electrons. The molecule has 2 aromatic rings. The minimum absolute atomic E-state index is 0.0726. The fourth-order valence-electron chi connectivity index (χ4n) is 3.10. The molecule has 0 amide bonds. The van der Waals surface area contributed by atoms with Gasteiger partial charge in [0.15, 0.2) is 11.6 Å². The van der Waals surface area contributed by atoms with Crippen LogP contribution in [0.25, 0.3) is 0 Å². The van der Waals surface area contributed by atoms with E-state index < -0.39 is 17.3 Å². The average molecular weight is 445 g/mol. The van der Waals surface area contributed by atoms with Crippen molar-refractivity contribution in [2.75, 3.05) is 26.4 Å². The lowest BCUT2D eigenvalue weighted by Crippen LogP contribution is -2.31. The van der Waals surface area contributed by atoms with E-state index in [2.05, 4.69) is 0 Å². The number of rotatable bonds is 12. The highest BCUT2D eigenvalue weighted by atomic mass is 16.5. The number of carbonyl (C=O) groups is 2. The lowest BCUT2D eigenvalue weighted by atomic mass is 9.92. The molecule has 0 heterocycles. The van der Waals surface area contributed by atoms with Gasteiger partial charge in [-0.25, -0.2) is 0 Å². The summed E-state index contributed by atoms with van der Waals surface area (Å²) in [7, 11) is 0. The Hall–Kier alpha value is -2.42. The predicted octanol–water partition coefficient (Wildman–Crippen LogP) is 2.71. The third-order valence-corrected chi connectivity index (χ3v) is 4.81. The zero-order valence-electron chi connectivity index (χ0n) is 19.0. The quantitative estimate of drug-likeness (QED) is 0.341. The maximum Gasteiger partial charge on any atom is 0.193 e. The summed E-state index contributed by atoms with van der Waals surface area (Å²) in [4.78, 5) is 24.6. The Morgan fingerprint density at radius 3 is 1.50 bits per heavy atom. The summed E-state index contributed by atoms with van der Waals surface area (Å²) >= 11 is 0. The molecule has 0 unspecified atom stereocenters. The van der Waals surface area contributed by atoms with Gasteiger partial charge < -0.3 is 24.8 Å². The van der Waals surface area contributed by atoms with Crippen molar-refractivity contribution in [2.45, 2.75) is 45.0 Å². The van der Waals surface area contributed by atoms with Crippen LogP contribution in [0.2, 0.25) is 0 Å². The molecule has 0 aliphatic heterocycles. The van der Waals surface area contributed by atoms with Crippen LogP contribution in [0.15, 0.2) is 48.5 Å². The number of Topliss-reactive ketones (excluding diaryl/α,β-unsaturated/α-hetero) is 2. The van der Waals surface area contributed by atoms with Gasteiger partial charge in [-0.2, -0.15) is 0 Å². The third kappa shape index (κ3) is 7.05. The highest BCUT2D eigenvalue weighted by molar-refractivity contribution is 6.02. The Morgan fingerprint density at radius 1 is 0.750 bits per heavy atom. The van der Waals surface area contributed by atoms with Crippen LogP contribution in [0.3, 0.4) is 0 Å². The van der Waals surface area contributed by atoms with Gasteiger partial charge in [-0.05, 0) is 38.8 Å². The number of aliphatic hydroxyl groups is 3. The summed E-state index contributed by atoms with van der Waals surface area (Å²) in [6.45, 7) is 6.47. The van der Waals surface area contributed by atoms with E-state index in [4.69, 9.17) is 14.6 Å². The highest BCUT2D eigenvalue weighted by Crippen LogP contribution is 2.28. The standard InChI is InChI=1S/C25H32O7/c1-24(2,29)22(27)19-9-5-17(6-10-19)21(32-16-15-31-14-13-26)18-7-11-20(12-8-18)23(28)25(3,4)30/h5-12,21,26,29-30H,13-16H2,1-4H3. The first-order chi connectivity index (χ1) is 14.9. The first kappa shape index (κ1) is 25.8. The fraction of sp³-hybridized carbons (Fsp3) is 0.440. The molecule has 0 spiro atoms. The van der Waals surface area contributed by atoms with E-state index in [1.807, 2.05) is 0 Å². The van der Waals surface area contributed by atoms with Gasteiger partial charge >= 0.3 is 0 Å². The van der Waals surface area contributed by atoms with Gasteiger partial charge in [0.2, 0.25) is 0 Å². The first-order valence-corrected chi connectivity index (χ1v) is 10.5. The largest absolute Gasteiger partial charge is 0.394 e. The number of benzene rings is 2. The summed E-state index contributed by atoms with van der Waals surface area (Å²) < 4.78 is 11.3. The molecule has 0 saturated heterocycles. The maximum absolute atomic E-state index is 12.3. The molecule has 7 nitrogen and oxygen atoms in total. The minimum Gasteiger partial charge on any atom is -0.394 e. The molecule has 0 atom stereocenters. The Labute approximate surface area is 188 Å². The molecule has 2 aromatic carbocycles. The second-order valence-electron chi connectivity index (χ2n) is 8.61. The van der Waals surface area contributed by atoms with E-state index in [-0.39, 0.29) is 31.4 Å². The van der Waals surface area contributed by atoms with Crippen LogP contribution >= 0.6 is 0 Å². The van der Waals surface area contributed by atoms with Crippen molar-refractivity contribution in [2.24, 2.45) is 0 Å². The van der Waals surface area contributed by atoms with E-state index in [1.165, 1.54) is 27.7 Å². The minimum atomic E-state index is -1.47. The fourth-order valence-corrected chi connectivity index (χ4v) is 3.10. The zero-order chi connectivity index (χ0) is 23.9. The molecule has 32 heavy (non-hydrogen) atoms. The molecule has 0 radical (unpaired) electrons. The molecule has 0 aliphatic rings. The normalized spacial score (nSPS) is 12.2. The van der Waals surface area contributed by atoms with Crippen LogP contribution in [0, 0.1) is 0 Å². The number of ketones is 2. The Bertz CT molecular complexity index is 818. The molecule has 3 N–H and O–H groups in total. The van der Waals surface area contributed by atoms with Gasteiger partial charge in [0.1, 0.15) is 17.3 Å². The zero-order valence-corrected chi connectivity index (χ0v) is 19.0. The molecular formula is C25H32O7. The van der Waals surface area contributed by atoms with Crippen molar-refractivity contribution >= 4 is 11.6 Å². The van der Waals surface area contributed by atoms with Gasteiger partial charge in [-0.3, -0.25) is 9.59 Å². The van der Waals surface area contributed by atoms with Crippen LogP contribution < -0.4 is 0 Å². The molecule has 0 bridgehead atoms. The van der Waals surface area contributed by atoms with Crippen molar-refractivity contribution in [1.29, 1.82) is 0 Å². The van der Waals surface area contributed by atoms with Crippen molar-refractivity contribution < 1.29 is 34.4 Å². The van der Waals surface area contributed by atoms with Gasteiger partial charge in [-0.1, -0.05) is 48.5 Å². The SMILES string of the molecule is CC(C)(O)C(=O)c1ccc(C(OCCOCCO)c2ccc(C(=O)C(C)(C)O)cc2)cc1. The third-order valence-electron chi connectivity index (χ3n) is 4.81. The van der Waals surface area contributed by atoms with Crippen molar-refractivity contribution in [3.63, 3.8) is 0 Å². The summed E-state index contributed by atoms with van der Waals surface area (Å²) in [6.07, 6.45) is -0.495. The van der Waals surface area contributed by atoms with Crippen LogP contribution in [0.1, 0.15) is 65.6 Å². The molecule has 0 aliphatic carbocycles. The molecule has 0 saturated carbocycles. The van der Waals surface area contributed by atoms with Gasteiger partial charge in [0.25, 0.3) is 0 Å². The van der Waals surface area contributed by atoms with Crippen molar-refractivity contribution in [3.8, 4) is 0 Å². The van der Waals surface area contributed by atoms with Crippen molar-refractivity contribution in [3.05, 3.63) is 70.8 Å². The summed E-state index contributed by atoms with van der Waals surface area (Å²) in [5.41, 5.74) is -0.605. The molecule has 0 fully saturated rings. The second-order valence-corrected chi connectivity index (χ2v) is 8.61. The number of carbonyl (C=O) groups excluding carboxylic acids is 2. The molecule has 7 heteroatoms. The van der Waals surface area contributed by atoms with Crippen LogP contribution in [0.4, 0.5) is 0 Å². The van der Waals surface area contributed by atoms with Crippen LogP contribution in [-0.4, -0.2) is 64.5 Å². The van der Waals surface area contributed by atoms with Crippen LogP contribution in [-0.2, 0) is 9.47 Å². The lowest BCUT2D eigenvalue weighted by Gasteiger charge is -2.21. The van der Waals surface area contributed by atoms with Gasteiger partial charge in [0, 0.05) is 11.1 Å². The summed E-state index contributed by atoms with van der Waals surface area (Å²) in [6, 6.07) is 13.6. The van der Waals surface area contributed by atoms with Gasteiger partial charge in [-0.15, -0.1) is 0 Å². The topological polar surface area (TPSA) is 113 Å². The Balaban J connectivity index is 2.28. The number of hydrogen-bond acceptors (Lipinski definition) is 7.